The molecule has 0 fully saturated rings. The Balaban J connectivity index is 1.78. The zero-order chi connectivity index (χ0) is 18.1. The molecule has 0 N–H and O–H groups in total. The molecule has 0 spiro atoms. The van der Waals surface area contributed by atoms with E-state index in [-0.39, 0.29) is 5.92 Å². The Labute approximate surface area is 151 Å². The third kappa shape index (κ3) is 2.94. The van der Waals surface area contributed by atoms with Crippen molar-refractivity contribution < 1.29 is 9.15 Å². The Morgan fingerprint density at radius 2 is 1.92 bits per heavy atom. The Hall–Kier alpha value is -3.15. The standard InChI is InChI=1S/C20H20N4O2/c1-13(2)20-22-21-18(26-20)12-24-17-10-5-4-9-16(17)19(23-24)14-7-6-8-15(11-14)25-3/h4-11,13H,12H2,1-3H3. The van der Waals surface area contributed by atoms with Crippen LogP contribution in [-0.4, -0.2) is 27.1 Å². The van der Waals surface area contributed by atoms with E-state index in [9.17, 15) is 0 Å². The molecule has 0 aliphatic heterocycles. The Morgan fingerprint density at radius 3 is 2.69 bits per heavy atom. The summed E-state index contributed by atoms with van der Waals surface area (Å²) in [4.78, 5) is 0. The van der Waals surface area contributed by atoms with Gasteiger partial charge in [0.2, 0.25) is 11.8 Å². The van der Waals surface area contributed by atoms with Gasteiger partial charge in [-0.3, -0.25) is 4.68 Å². The number of methoxy groups -OCH3 is 1. The summed E-state index contributed by atoms with van der Waals surface area (Å²) in [5, 5.41) is 14.1. The molecule has 0 aliphatic carbocycles. The van der Waals surface area contributed by atoms with Crippen LogP contribution in [0.25, 0.3) is 22.2 Å². The number of rotatable bonds is 5. The third-order valence-corrected chi connectivity index (χ3v) is 4.26. The summed E-state index contributed by atoms with van der Waals surface area (Å²) in [5.41, 5.74) is 2.94. The van der Waals surface area contributed by atoms with Gasteiger partial charge < -0.3 is 9.15 Å². The number of hydrogen-bond donors (Lipinski definition) is 0. The van der Waals surface area contributed by atoms with Crippen LogP contribution in [0.2, 0.25) is 0 Å². The maximum atomic E-state index is 5.75. The molecule has 6 nitrogen and oxygen atoms in total. The van der Waals surface area contributed by atoms with Gasteiger partial charge in [0, 0.05) is 16.9 Å². The highest BCUT2D eigenvalue weighted by Gasteiger charge is 2.16. The van der Waals surface area contributed by atoms with Gasteiger partial charge in [-0.2, -0.15) is 5.10 Å². The zero-order valence-electron chi connectivity index (χ0n) is 15.0. The molecular weight excluding hydrogens is 328 g/mol. The molecule has 0 atom stereocenters. The second-order valence-electron chi connectivity index (χ2n) is 6.44. The van der Waals surface area contributed by atoms with Crippen molar-refractivity contribution in [3.05, 3.63) is 60.3 Å². The van der Waals surface area contributed by atoms with Crippen molar-refractivity contribution in [1.82, 2.24) is 20.0 Å². The quantitative estimate of drug-likeness (QED) is 0.539. The van der Waals surface area contributed by atoms with E-state index in [0.29, 0.717) is 18.3 Å². The van der Waals surface area contributed by atoms with Gasteiger partial charge in [0.1, 0.15) is 18.0 Å². The summed E-state index contributed by atoms with van der Waals surface area (Å²) in [7, 11) is 1.66. The number of ether oxygens (including phenoxy) is 1. The molecule has 0 radical (unpaired) electrons. The van der Waals surface area contributed by atoms with Gasteiger partial charge in [-0.1, -0.05) is 44.2 Å². The average molecular weight is 348 g/mol. The fraction of sp³-hybridized carbons (Fsp3) is 0.250. The fourth-order valence-electron chi connectivity index (χ4n) is 2.92. The molecule has 2 heterocycles. The van der Waals surface area contributed by atoms with Crippen LogP contribution >= 0.6 is 0 Å². The van der Waals surface area contributed by atoms with Gasteiger partial charge in [0.25, 0.3) is 0 Å². The molecular formula is C20H20N4O2. The Bertz CT molecular complexity index is 1050. The van der Waals surface area contributed by atoms with Gasteiger partial charge in [0.15, 0.2) is 0 Å². The first-order chi connectivity index (χ1) is 12.7. The number of aromatic nitrogens is 4. The van der Waals surface area contributed by atoms with Crippen LogP contribution in [0.1, 0.15) is 31.5 Å². The van der Waals surface area contributed by atoms with Crippen LogP contribution in [0.3, 0.4) is 0 Å². The molecule has 0 unspecified atom stereocenters. The third-order valence-electron chi connectivity index (χ3n) is 4.26. The van der Waals surface area contributed by atoms with Crippen molar-refractivity contribution in [2.75, 3.05) is 7.11 Å². The molecule has 0 bridgehead atoms. The summed E-state index contributed by atoms with van der Waals surface area (Å²) in [5.74, 6) is 2.21. The molecule has 0 saturated carbocycles. The topological polar surface area (TPSA) is 66.0 Å². The molecule has 0 amide bonds. The second kappa shape index (κ2) is 6.63. The van der Waals surface area contributed by atoms with Gasteiger partial charge in [-0.25, -0.2) is 0 Å². The largest absolute Gasteiger partial charge is 0.497 e. The minimum Gasteiger partial charge on any atom is -0.497 e. The van der Waals surface area contributed by atoms with Crippen molar-refractivity contribution in [2.45, 2.75) is 26.3 Å². The maximum Gasteiger partial charge on any atom is 0.237 e. The van der Waals surface area contributed by atoms with Crippen molar-refractivity contribution in [3.63, 3.8) is 0 Å². The van der Waals surface area contributed by atoms with Crippen LogP contribution in [0.15, 0.2) is 52.9 Å². The van der Waals surface area contributed by atoms with Crippen LogP contribution in [-0.2, 0) is 6.54 Å². The minimum absolute atomic E-state index is 0.206. The number of benzene rings is 2. The number of fused-ring (bicyclic) bond motifs is 1. The Kier molecular flexibility index (Phi) is 4.16. The predicted octanol–water partition coefficient (Wildman–Crippen LogP) is 4.27. The molecule has 0 aliphatic rings. The summed E-state index contributed by atoms with van der Waals surface area (Å²) < 4.78 is 13.0. The van der Waals surface area contributed by atoms with Crippen LogP contribution in [0.4, 0.5) is 0 Å². The lowest BCUT2D eigenvalue weighted by atomic mass is 10.1. The average Bonchev–Trinajstić information content (AvgIpc) is 3.28. The fourth-order valence-corrected chi connectivity index (χ4v) is 2.92. The molecule has 2 aromatic carbocycles. The van der Waals surface area contributed by atoms with Crippen molar-refractivity contribution >= 4 is 10.9 Å². The van der Waals surface area contributed by atoms with E-state index in [0.717, 1.165) is 27.9 Å². The highest BCUT2D eigenvalue weighted by atomic mass is 16.5. The predicted molar refractivity (Wildman–Crippen MR) is 99.2 cm³/mol. The van der Waals surface area contributed by atoms with Crippen LogP contribution < -0.4 is 4.74 Å². The van der Waals surface area contributed by atoms with Crippen molar-refractivity contribution in [1.29, 1.82) is 0 Å². The minimum atomic E-state index is 0.206. The number of hydrogen-bond acceptors (Lipinski definition) is 5. The van der Waals surface area contributed by atoms with Crippen molar-refractivity contribution in [2.24, 2.45) is 0 Å². The summed E-state index contributed by atoms with van der Waals surface area (Å²) in [6, 6.07) is 16.1. The van der Waals surface area contributed by atoms with E-state index in [4.69, 9.17) is 14.3 Å². The summed E-state index contributed by atoms with van der Waals surface area (Å²) in [6.45, 7) is 4.49. The second-order valence-corrected chi connectivity index (χ2v) is 6.44. The molecule has 0 saturated heterocycles. The van der Waals surface area contributed by atoms with Crippen LogP contribution in [0.5, 0.6) is 5.75 Å². The molecule has 132 valence electrons. The summed E-state index contributed by atoms with van der Waals surface area (Å²) in [6.07, 6.45) is 0. The summed E-state index contributed by atoms with van der Waals surface area (Å²) >= 11 is 0. The normalized spacial score (nSPS) is 11.4. The van der Waals surface area contributed by atoms with Crippen LogP contribution in [0, 0.1) is 0 Å². The van der Waals surface area contributed by atoms with E-state index < -0.39 is 0 Å². The molecule has 4 aromatic rings. The Morgan fingerprint density at radius 1 is 1.08 bits per heavy atom. The van der Waals surface area contributed by atoms with Gasteiger partial charge in [-0.15, -0.1) is 10.2 Å². The van der Waals surface area contributed by atoms with Gasteiger partial charge in [-0.05, 0) is 18.2 Å². The maximum absolute atomic E-state index is 5.75. The zero-order valence-corrected chi connectivity index (χ0v) is 15.0. The molecule has 2 aromatic heterocycles. The number of nitrogens with zero attached hydrogens (tertiary/aromatic N) is 4. The lowest BCUT2D eigenvalue weighted by Gasteiger charge is -2.02. The highest BCUT2D eigenvalue weighted by molar-refractivity contribution is 5.93. The first kappa shape index (κ1) is 16.3. The lowest BCUT2D eigenvalue weighted by Crippen LogP contribution is -2.02. The first-order valence-electron chi connectivity index (χ1n) is 8.58. The molecule has 6 heteroatoms. The van der Waals surface area contributed by atoms with E-state index >= 15 is 0 Å². The van der Waals surface area contributed by atoms with Crippen molar-refractivity contribution in [3.8, 4) is 17.0 Å². The lowest BCUT2D eigenvalue weighted by molar-refractivity contribution is 0.415. The van der Waals surface area contributed by atoms with Gasteiger partial charge >= 0.3 is 0 Å². The molecule has 4 rings (SSSR count). The first-order valence-corrected chi connectivity index (χ1v) is 8.58. The molecule has 26 heavy (non-hydrogen) atoms. The highest BCUT2D eigenvalue weighted by Crippen LogP contribution is 2.30. The SMILES string of the molecule is COc1cccc(-c2nn(Cc3nnc(C(C)C)o3)c3ccccc23)c1. The van der Waals surface area contributed by atoms with E-state index in [1.807, 2.05) is 61.0 Å². The number of para-hydroxylation sites is 1. The van der Waals surface area contributed by atoms with E-state index in [1.54, 1.807) is 7.11 Å². The van der Waals surface area contributed by atoms with E-state index in [2.05, 4.69) is 16.3 Å². The van der Waals surface area contributed by atoms with E-state index in [1.165, 1.54) is 0 Å². The monoisotopic (exact) mass is 348 g/mol. The smallest absolute Gasteiger partial charge is 0.237 e. The van der Waals surface area contributed by atoms with Gasteiger partial charge in [0.05, 0.1) is 12.6 Å².